The molecule has 0 heteroatoms. The van der Waals surface area contributed by atoms with Crippen molar-refractivity contribution in [3.8, 4) is 0 Å². The molecule has 0 N–H and O–H groups in total. The molecule has 0 amide bonds. The van der Waals surface area contributed by atoms with E-state index in [1.807, 2.05) is 0 Å². The highest BCUT2D eigenvalue weighted by molar-refractivity contribution is 5.56. The summed E-state index contributed by atoms with van der Waals surface area (Å²) in [6, 6.07) is 5.27. The van der Waals surface area contributed by atoms with E-state index in [4.69, 9.17) is 0 Å². The van der Waals surface area contributed by atoms with Gasteiger partial charge in [0.2, 0.25) is 0 Å². The molecule has 140 valence electrons. The van der Waals surface area contributed by atoms with Crippen LogP contribution in [-0.4, -0.2) is 0 Å². The maximum atomic E-state index is 2.63. The average molecular weight is 357 g/mol. The maximum Gasteiger partial charge on any atom is -0.0135 e. The lowest BCUT2D eigenvalue weighted by molar-refractivity contribution is 0.325. The van der Waals surface area contributed by atoms with Gasteiger partial charge in [0.05, 0.1) is 0 Å². The maximum absolute atomic E-state index is 2.63. The lowest BCUT2D eigenvalue weighted by Gasteiger charge is -2.22. The van der Waals surface area contributed by atoms with Gasteiger partial charge in [-0.25, -0.2) is 0 Å². The third-order valence-electron chi connectivity index (χ3n) is 8.39. The molecule has 0 nitrogen and oxygen atoms in total. The Balaban J connectivity index is 1.42. The predicted octanol–water partition coefficient (Wildman–Crippen LogP) is 5.67. The molecule has 4 aliphatic carbocycles. The summed E-state index contributed by atoms with van der Waals surface area (Å²) in [5.41, 5.74) is 17.9. The molecular formula is C27H32. The number of benzene rings is 2. The van der Waals surface area contributed by atoms with Crippen LogP contribution in [0.5, 0.6) is 0 Å². The van der Waals surface area contributed by atoms with Gasteiger partial charge in [0.15, 0.2) is 0 Å². The van der Waals surface area contributed by atoms with Gasteiger partial charge < -0.3 is 0 Å². The highest BCUT2D eigenvalue weighted by Gasteiger charge is 2.44. The Morgan fingerprint density at radius 3 is 1.52 bits per heavy atom. The van der Waals surface area contributed by atoms with E-state index in [-0.39, 0.29) is 0 Å². The van der Waals surface area contributed by atoms with Crippen molar-refractivity contribution in [2.45, 2.75) is 90.9 Å². The molecule has 0 bridgehead atoms. The van der Waals surface area contributed by atoms with E-state index < -0.39 is 0 Å². The number of hydrogen-bond acceptors (Lipinski definition) is 0. The van der Waals surface area contributed by atoms with Crippen LogP contribution in [0.1, 0.15) is 82.3 Å². The summed E-state index contributed by atoms with van der Waals surface area (Å²) in [5, 5.41) is 0. The SMILES string of the molecule is CCc1c2c(cc3c1CC1(C3)Cc3cc4c(c(CC)c3C1)CCC4)CCC2. The minimum atomic E-state index is 0.503. The van der Waals surface area contributed by atoms with Crippen LogP contribution in [0.25, 0.3) is 0 Å². The Labute approximate surface area is 164 Å². The molecule has 0 aliphatic heterocycles. The Morgan fingerprint density at radius 1 is 0.593 bits per heavy atom. The van der Waals surface area contributed by atoms with Crippen LogP contribution in [0.3, 0.4) is 0 Å². The fourth-order valence-electron chi connectivity index (χ4n) is 7.43. The third kappa shape index (κ3) is 2.22. The summed E-state index contributed by atoms with van der Waals surface area (Å²) in [4.78, 5) is 0. The van der Waals surface area contributed by atoms with Crippen LogP contribution in [0.15, 0.2) is 12.1 Å². The molecule has 0 atom stereocenters. The highest BCUT2D eigenvalue weighted by Crippen LogP contribution is 2.51. The normalized spacial score (nSPS) is 20.8. The van der Waals surface area contributed by atoms with Crippen molar-refractivity contribution in [2.75, 3.05) is 0 Å². The van der Waals surface area contributed by atoms with Crippen LogP contribution in [-0.2, 0) is 64.2 Å². The van der Waals surface area contributed by atoms with Crippen LogP contribution in [0.4, 0.5) is 0 Å². The van der Waals surface area contributed by atoms with Gasteiger partial charge in [0.25, 0.3) is 0 Å². The van der Waals surface area contributed by atoms with E-state index in [9.17, 15) is 0 Å². The lowest BCUT2D eigenvalue weighted by atomic mass is 9.81. The second kappa shape index (κ2) is 5.72. The first kappa shape index (κ1) is 16.4. The molecule has 0 aromatic heterocycles. The Morgan fingerprint density at radius 2 is 1.07 bits per heavy atom. The minimum absolute atomic E-state index is 0.503. The van der Waals surface area contributed by atoms with Crippen molar-refractivity contribution >= 4 is 0 Å². The van der Waals surface area contributed by atoms with Crippen molar-refractivity contribution in [1.29, 1.82) is 0 Å². The molecule has 0 radical (unpaired) electrons. The first-order valence-corrected chi connectivity index (χ1v) is 11.5. The van der Waals surface area contributed by atoms with Gasteiger partial charge in [-0.1, -0.05) is 26.0 Å². The zero-order chi connectivity index (χ0) is 18.2. The number of fused-ring (bicyclic) bond motifs is 4. The number of aryl methyl sites for hydroxylation is 2. The van der Waals surface area contributed by atoms with Gasteiger partial charge in [-0.2, -0.15) is 0 Å². The standard InChI is InChI=1S/C27H32/c1-3-21-23-9-5-7-17(23)11-19-13-27(15-25(19)21)14-20-12-18-8-6-10-24(18)22(4-2)26(20)16-27/h11-12H,3-10,13-16H2,1-2H3. The molecule has 4 aliphatic rings. The van der Waals surface area contributed by atoms with Crippen LogP contribution in [0, 0.1) is 5.41 Å². The molecule has 1 spiro atoms. The van der Waals surface area contributed by atoms with Crippen molar-refractivity contribution in [2.24, 2.45) is 5.41 Å². The third-order valence-corrected chi connectivity index (χ3v) is 8.39. The second-order valence-corrected chi connectivity index (χ2v) is 9.88. The predicted molar refractivity (Wildman–Crippen MR) is 113 cm³/mol. The van der Waals surface area contributed by atoms with Crippen molar-refractivity contribution in [3.63, 3.8) is 0 Å². The summed E-state index contributed by atoms with van der Waals surface area (Å²) < 4.78 is 0. The zero-order valence-corrected chi connectivity index (χ0v) is 17.1. The minimum Gasteiger partial charge on any atom is -0.0613 e. The Kier molecular flexibility index (Phi) is 3.48. The molecule has 2 aromatic carbocycles. The summed E-state index contributed by atoms with van der Waals surface area (Å²) in [6.07, 6.45) is 16.0. The van der Waals surface area contributed by atoms with E-state index >= 15 is 0 Å². The van der Waals surface area contributed by atoms with Gasteiger partial charge in [-0.3, -0.25) is 0 Å². The molecule has 0 fully saturated rings. The van der Waals surface area contributed by atoms with Crippen molar-refractivity contribution in [3.05, 3.63) is 67.8 Å². The van der Waals surface area contributed by atoms with Crippen LogP contribution >= 0.6 is 0 Å². The van der Waals surface area contributed by atoms with Crippen LogP contribution < -0.4 is 0 Å². The zero-order valence-electron chi connectivity index (χ0n) is 17.1. The van der Waals surface area contributed by atoms with Crippen molar-refractivity contribution in [1.82, 2.24) is 0 Å². The Hall–Kier alpha value is -1.56. The van der Waals surface area contributed by atoms with E-state index in [1.54, 1.807) is 55.6 Å². The molecule has 27 heavy (non-hydrogen) atoms. The fourth-order valence-corrected chi connectivity index (χ4v) is 7.43. The summed E-state index contributed by atoms with van der Waals surface area (Å²) >= 11 is 0. The molecule has 0 unspecified atom stereocenters. The van der Waals surface area contributed by atoms with Gasteiger partial charge in [0, 0.05) is 0 Å². The number of hydrogen-bond donors (Lipinski definition) is 0. The Bertz CT molecular complexity index is 879. The van der Waals surface area contributed by atoms with Crippen LogP contribution in [0.2, 0.25) is 0 Å². The molecule has 6 rings (SSSR count). The van der Waals surface area contributed by atoms with Gasteiger partial charge in [-0.05, 0) is 138 Å². The van der Waals surface area contributed by atoms with E-state index in [0.29, 0.717) is 5.41 Å². The topological polar surface area (TPSA) is 0 Å². The summed E-state index contributed by atoms with van der Waals surface area (Å²) in [6.45, 7) is 4.78. The smallest absolute Gasteiger partial charge is 0.0135 e. The molecule has 0 saturated heterocycles. The number of rotatable bonds is 2. The van der Waals surface area contributed by atoms with E-state index in [0.717, 1.165) is 0 Å². The van der Waals surface area contributed by atoms with E-state index in [1.165, 1.54) is 77.0 Å². The van der Waals surface area contributed by atoms with Gasteiger partial charge >= 0.3 is 0 Å². The average Bonchev–Trinajstić information content (AvgIpc) is 3.42. The monoisotopic (exact) mass is 356 g/mol. The second-order valence-electron chi connectivity index (χ2n) is 9.88. The largest absolute Gasteiger partial charge is 0.0613 e. The summed E-state index contributed by atoms with van der Waals surface area (Å²) in [5.74, 6) is 0. The lowest BCUT2D eigenvalue weighted by Crippen LogP contribution is -2.22. The van der Waals surface area contributed by atoms with Crippen molar-refractivity contribution < 1.29 is 0 Å². The molecular weight excluding hydrogens is 324 g/mol. The van der Waals surface area contributed by atoms with Gasteiger partial charge in [-0.15, -0.1) is 0 Å². The fraction of sp³-hybridized carbons (Fsp3) is 0.556. The molecule has 0 heterocycles. The highest BCUT2D eigenvalue weighted by atomic mass is 14.5. The van der Waals surface area contributed by atoms with Gasteiger partial charge in [0.1, 0.15) is 0 Å². The first-order valence-electron chi connectivity index (χ1n) is 11.5. The quantitative estimate of drug-likeness (QED) is 0.650. The van der Waals surface area contributed by atoms with E-state index in [2.05, 4.69) is 26.0 Å². The molecule has 0 saturated carbocycles. The summed E-state index contributed by atoms with van der Waals surface area (Å²) in [7, 11) is 0. The first-order chi connectivity index (χ1) is 13.2. The molecule has 2 aromatic rings.